The Labute approximate surface area is 110 Å². The molecule has 1 rings (SSSR count). The van der Waals surface area contributed by atoms with E-state index < -0.39 is 18.7 Å². The fraction of sp³-hybridized carbons (Fsp3) is 0.308. The number of ether oxygens (including phenoxy) is 2. The van der Waals surface area contributed by atoms with Gasteiger partial charge in [-0.3, -0.25) is 0 Å². The molecule has 0 amide bonds. The monoisotopic (exact) mass is 268 g/mol. The average molecular weight is 268 g/mol. The first-order valence-corrected chi connectivity index (χ1v) is 5.57. The molecule has 0 spiro atoms. The van der Waals surface area contributed by atoms with Crippen molar-refractivity contribution in [2.24, 2.45) is 0 Å². The molecule has 19 heavy (non-hydrogen) atoms. The number of aromatic hydroxyl groups is 1. The third-order valence-electron chi connectivity index (χ3n) is 2.24. The molecule has 1 atom stereocenters. The molecular weight excluding hydrogens is 252 g/mol. The second kappa shape index (κ2) is 7.40. The van der Waals surface area contributed by atoms with Crippen molar-refractivity contribution in [3.8, 4) is 11.5 Å². The average Bonchev–Trinajstić information content (AvgIpc) is 2.43. The van der Waals surface area contributed by atoms with E-state index in [0.29, 0.717) is 11.3 Å². The number of carbonyl (C=O) groups excluding carboxylic acids is 1. The summed E-state index contributed by atoms with van der Waals surface area (Å²) in [4.78, 5) is 11.3. The fourth-order valence-electron chi connectivity index (χ4n) is 1.24. The molecule has 1 aromatic carbocycles. The van der Waals surface area contributed by atoms with Gasteiger partial charge in [0, 0.05) is 6.08 Å². The standard InChI is InChI=1S/C13H16O6/c1-18-12-6-9(2-4-11(12)16)3-5-13(17)19-8-10(15)7-14/h2-6,10,14-16H,7-8H2,1H3. The molecule has 1 unspecified atom stereocenters. The molecule has 0 aliphatic heterocycles. The van der Waals surface area contributed by atoms with Crippen molar-refractivity contribution >= 4 is 12.0 Å². The van der Waals surface area contributed by atoms with Gasteiger partial charge in [0.2, 0.25) is 0 Å². The lowest BCUT2D eigenvalue weighted by Crippen LogP contribution is -2.21. The lowest BCUT2D eigenvalue weighted by atomic mass is 10.2. The van der Waals surface area contributed by atoms with Crippen LogP contribution in [-0.4, -0.2) is 47.7 Å². The summed E-state index contributed by atoms with van der Waals surface area (Å²) < 4.78 is 9.61. The highest BCUT2D eigenvalue weighted by Crippen LogP contribution is 2.26. The van der Waals surface area contributed by atoms with E-state index in [1.165, 1.54) is 25.3 Å². The first-order chi connectivity index (χ1) is 9.06. The van der Waals surface area contributed by atoms with Crippen molar-refractivity contribution in [3.63, 3.8) is 0 Å². The maximum Gasteiger partial charge on any atom is 0.330 e. The fourth-order valence-corrected chi connectivity index (χ4v) is 1.24. The number of benzene rings is 1. The molecule has 1 aromatic rings. The summed E-state index contributed by atoms with van der Waals surface area (Å²) in [6.07, 6.45) is 1.58. The Balaban J connectivity index is 2.58. The summed E-state index contributed by atoms with van der Waals surface area (Å²) in [6, 6.07) is 4.60. The Morgan fingerprint density at radius 1 is 1.47 bits per heavy atom. The number of aliphatic hydroxyl groups excluding tert-OH is 2. The molecular formula is C13H16O6. The van der Waals surface area contributed by atoms with E-state index >= 15 is 0 Å². The third kappa shape index (κ3) is 4.99. The molecule has 104 valence electrons. The molecule has 0 aliphatic carbocycles. The van der Waals surface area contributed by atoms with Crippen molar-refractivity contribution in [2.45, 2.75) is 6.10 Å². The van der Waals surface area contributed by atoms with Gasteiger partial charge in [0.15, 0.2) is 11.5 Å². The summed E-state index contributed by atoms with van der Waals surface area (Å²) in [5.41, 5.74) is 0.648. The number of carbonyl (C=O) groups is 1. The zero-order valence-electron chi connectivity index (χ0n) is 10.4. The van der Waals surface area contributed by atoms with Crippen LogP contribution in [0.15, 0.2) is 24.3 Å². The van der Waals surface area contributed by atoms with Crippen molar-refractivity contribution in [1.82, 2.24) is 0 Å². The van der Waals surface area contributed by atoms with Crippen LogP contribution in [0.5, 0.6) is 11.5 Å². The normalized spacial score (nSPS) is 12.4. The SMILES string of the molecule is COc1cc(C=CC(=O)OCC(O)CO)ccc1O. The van der Waals surface area contributed by atoms with Gasteiger partial charge >= 0.3 is 5.97 Å². The maximum absolute atomic E-state index is 11.3. The van der Waals surface area contributed by atoms with Crippen LogP contribution in [-0.2, 0) is 9.53 Å². The number of phenols is 1. The van der Waals surface area contributed by atoms with Crippen LogP contribution in [0.4, 0.5) is 0 Å². The van der Waals surface area contributed by atoms with E-state index in [0.717, 1.165) is 0 Å². The zero-order chi connectivity index (χ0) is 14.3. The van der Waals surface area contributed by atoms with Gasteiger partial charge in [0.05, 0.1) is 13.7 Å². The quantitative estimate of drug-likeness (QED) is 0.507. The van der Waals surface area contributed by atoms with Gasteiger partial charge in [-0.15, -0.1) is 0 Å². The van der Waals surface area contributed by atoms with E-state index in [4.69, 9.17) is 14.9 Å². The molecule has 6 nitrogen and oxygen atoms in total. The lowest BCUT2D eigenvalue weighted by molar-refractivity contribution is -0.141. The highest BCUT2D eigenvalue weighted by Gasteiger charge is 2.05. The van der Waals surface area contributed by atoms with Crippen molar-refractivity contribution in [3.05, 3.63) is 29.8 Å². The van der Waals surface area contributed by atoms with Crippen molar-refractivity contribution < 1.29 is 29.6 Å². The molecule has 0 heterocycles. The topological polar surface area (TPSA) is 96.2 Å². The smallest absolute Gasteiger partial charge is 0.330 e. The Morgan fingerprint density at radius 2 is 2.21 bits per heavy atom. The first-order valence-electron chi connectivity index (χ1n) is 5.57. The van der Waals surface area contributed by atoms with Gasteiger partial charge in [-0.05, 0) is 23.8 Å². The minimum absolute atomic E-state index is 0.00768. The first kappa shape index (κ1) is 15.0. The molecule has 0 fully saturated rings. The Morgan fingerprint density at radius 3 is 2.84 bits per heavy atom. The zero-order valence-corrected chi connectivity index (χ0v) is 10.4. The second-order valence-corrected chi connectivity index (χ2v) is 3.73. The lowest BCUT2D eigenvalue weighted by Gasteiger charge is -2.06. The predicted octanol–water partition coefficient (Wildman–Crippen LogP) is 0.310. The van der Waals surface area contributed by atoms with Crippen molar-refractivity contribution in [1.29, 1.82) is 0 Å². The Bertz CT molecular complexity index is 454. The summed E-state index contributed by atoms with van der Waals surface area (Å²) in [5.74, 6) is -0.334. The molecule has 0 aromatic heterocycles. The van der Waals surface area contributed by atoms with E-state index in [1.54, 1.807) is 12.1 Å². The molecule has 3 N–H and O–H groups in total. The Hall–Kier alpha value is -2.05. The van der Waals surface area contributed by atoms with Gasteiger partial charge in [0.25, 0.3) is 0 Å². The van der Waals surface area contributed by atoms with Gasteiger partial charge in [-0.1, -0.05) is 6.07 Å². The van der Waals surface area contributed by atoms with Crippen LogP contribution in [0.2, 0.25) is 0 Å². The Kier molecular flexibility index (Phi) is 5.84. The summed E-state index contributed by atoms with van der Waals surface area (Å²) >= 11 is 0. The molecule has 0 saturated carbocycles. The molecule has 6 heteroatoms. The third-order valence-corrected chi connectivity index (χ3v) is 2.24. The minimum atomic E-state index is -1.08. The number of rotatable bonds is 6. The molecule has 0 bridgehead atoms. The van der Waals surface area contributed by atoms with Crippen LogP contribution >= 0.6 is 0 Å². The van der Waals surface area contributed by atoms with E-state index in [-0.39, 0.29) is 12.4 Å². The minimum Gasteiger partial charge on any atom is -0.504 e. The van der Waals surface area contributed by atoms with Crippen LogP contribution in [0.3, 0.4) is 0 Å². The van der Waals surface area contributed by atoms with Crippen molar-refractivity contribution in [2.75, 3.05) is 20.3 Å². The van der Waals surface area contributed by atoms with Crippen LogP contribution in [0.25, 0.3) is 6.08 Å². The van der Waals surface area contributed by atoms with Gasteiger partial charge < -0.3 is 24.8 Å². The van der Waals surface area contributed by atoms with E-state index in [9.17, 15) is 9.90 Å². The number of methoxy groups -OCH3 is 1. The number of hydrogen-bond donors (Lipinski definition) is 3. The number of hydrogen-bond acceptors (Lipinski definition) is 6. The molecule has 0 radical (unpaired) electrons. The number of esters is 1. The number of aliphatic hydroxyl groups is 2. The van der Waals surface area contributed by atoms with Gasteiger partial charge in [-0.2, -0.15) is 0 Å². The van der Waals surface area contributed by atoms with E-state index in [2.05, 4.69) is 4.74 Å². The highest BCUT2D eigenvalue weighted by molar-refractivity contribution is 5.87. The van der Waals surface area contributed by atoms with E-state index in [1.807, 2.05) is 0 Å². The van der Waals surface area contributed by atoms with Gasteiger partial charge in [0.1, 0.15) is 12.7 Å². The molecule has 0 aliphatic rings. The summed E-state index contributed by atoms with van der Waals surface area (Å²) in [7, 11) is 1.42. The van der Waals surface area contributed by atoms with Crippen LogP contribution in [0.1, 0.15) is 5.56 Å². The second-order valence-electron chi connectivity index (χ2n) is 3.73. The molecule has 0 saturated heterocycles. The highest BCUT2D eigenvalue weighted by atomic mass is 16.5. The maximum atomic E-state index is 11.3. The van der Waals surface area contributed by atoms with Crippen LogP contribution in [0, 0.1) is 0 Å². The summed E-state index contributed by atoms with van der Waals surface area (Å²) in [6.45, 7) is -0.731. The number of phenolic OH excluding ortho intramolecular Hbond substituents is 1. The summed E-state index contributed by atoms with van der Waals surface area (Å²) in [5, 5.41) is 26.9. The van der Waals surface area contributed by atoms with Crippen LogP contribution < -0.4 is 4.74 Å². The largest absolute Gasteiger partial charge is 0.504 e. The predicted molar refractivity (Wildman–Crippen MR) is 67.7 cm³/mol. The van der Waals surface area contributed by atoms with Gasteiger partial charge in [-0.25, -0.2) is 4.79 Å².